The van der Waals surface area contributed by atoms with Gasteiger partial charge in [0, 0.05) is 11.4 Å². The van der Waals surface area contributed by atoms with Gasteiger partial charge in [0.1, 0.15) is 5.76 Å². The summed E-state index contributed by atoms with van der Waals surface area (Å²) in [5.74, 6) is -2.68. The number of aliphatic carboxylic acids is 2. The molecule has 0 amide bonds. The van der Waals surface area contributed by atoms with Crippen LogP contribution in [0.15, 0.2) is 52.0 Å². The second-order valence-electron chi connectivity index (χ2n) is 4.14. The van der Waals surface area contributed by atoms with Gasteiger partial charge in [-0.15, -0.1) is 11.8 Å². The molecule has 0 atom stereocenters. The Morgan fingerprint density at radius 3 is 2.18 bits per heavy atom. The molecule has 3 N–H and O–H groups in total. The average Bonchev–Trinajstić information content (AvgIpc) is 3.02. The summed E-state index contributed by atoms with van der Waals surface area (Å²) >= 11 is 1.76. The SMILES string of the molecule is CSc1ccc(CNCc2ccco2)cc1.O=C(O)C(=O)O. The molecule has 0 aliphatic rings. The molecule has 0 unspecified atom stereocenters. The summed E-state index contributed by atoms with van der Waals surface area (Å²) in [5.41, 5.74) is 1.30. The molecule has 0 aliphatic heterocycles. The number of furan rings is 1. The van der Waals surface area contributed by atoms with E-state index in [1.54, 1.807) is 18.0 Å². The predicted octanol–water partition coefficient (Wildman–Crippen LogP) is 2.45. The second-order valence-corrected chi connectivity index (χ2v) is 5.02. The van der Waals surface area contributed by atoms with E-state index in [1.165, 1.54) is 10.5 Å². The quantitative estimate of drug-likeness (QED) is 0.574. The summed E-state index contributed by atoms with van der Waals surface area (Å²) in [6, 6.07) is 12.5. The monoisotopic (exact) mass is 323 g/mol. The molecule has 1 aromatic carbocycles. The Morgan fingerprint density at radius 1 is 1.09 bits per heavy atom. The van der Waals surface area contributed by atoms with Gasteiger partial charge >= 0.3 is 11.9 Å². The number of hydrogen-bond donors (Lipinski definition) is 3. The van der Waals surface area contributed by atoms with Gasteiger partial charge in [-0.1, -0.05) is 12.1 Å². The minimum Gasteiger partial charge on any atom is -0.473 e. The number of rotatable bonds is 5. The third kappa shape index (κ3) is 6.96. The van der Waals surface area contributed by atoms with Crippen molar-refractivity contribution in [3.05, 3.63) is 54.0 Å². The molecule has 0 fully saturated rings. The van der Waals surface area contributed by atoms with Crippen molar-refractivity contribution in [3.63, 3.8) is 0 Å². The van der Waals surface area contributed by atoms with E-state index in [0.29, 0.717) is 0 Å². The lowest BCUT2D eigenvalue weighted by molar-refractivity contribution is -0.159. The fraction of sp³-hybridized carbons (Fsp3) is 0.200. The van der Waals surface area contributed by atoms with Gasteiger partial charge in [-0.3, -0.25) is 0 Å². The topological polar surface area (TPSA) is 99.8 Å². The van der Waals surface area contributed by atoms with Crippen LogP contribution in [0.2, 0.25) is 0 Å². The largest absolute Gasteiger partial charge is 0.473 e. The average molecular weight is 323 g/mol. The molecule has 118 valence electrons. The van der Waals surface area contributed by atoms with E-state index in [2.05, 4.69) is 35.8 Å². The normalized spacial score (nSPS) is 9.68. The third-order valence-electron chi connectivity index (χ3n) is 2.55. The van der Waals surface area contributed by atoms with Gasteiger partial charge in [-0.05, 0) is 36.1 Å². The molecule has 0 spiro atoms. The Labute approximate surface area is 132 Å². The molecule has 0 saturated heterocycles. The molecule has 6 nitrogen and oxygen atoms in total. The van der Waals surface area contributed by atoms with E-state index >= 15 is 0 Å². The zero-order chi connectivity index (χ0) is 16.4. The Morgan fingerprint density at radius 2 is 1.73 bits per heavy atom. The van der Waals surface area contributed by atoms with Crippen molar-refractivity contribution in [2.75, 3.05) is 6.26 Å². The number of hydrogen-bond acceptors (Lipinski definition) is 5. The van der Waals surface area contributed by atoms with Gasteiger partial charge < -0.3 is 19.9 Å². The summed E-state index contributed by atoms with van der Waals surface area (Å²) in [5, 5.41) is 18.1. The Hall–Kier alpha value is -2.25. The van der Waals surface area contributed by atoms with Crippen molar-refractivity contribution < 1.29 is 24.2 Å². The number of thioether (sulfide) groups is 1. The molecule has 2 rings (SSSR count). The number of carbonyl (C=O) groups is 2. The zero-order valence-corrected chi connectivity index (χ0v) is 12.8. The minimum atomic E-state index is -1.82. The van der Waals surface area contributed by atoms with Gasteiger partial charge in [0.2, 0.25) is 0 Å². The molecule has 2 aromatic rings. The van der Waals surface area contributed by atoms with Crippen molar-refractivity contribution in [2.45, 2.75) is 18.0 Å². The van der Waals surface area contributed by atoms with Crippen molar-refractivity contribution in [1.82, 2.24) is 5.32 Å². The first kappa shape index (κ1) is 17.8. The smallest absolute Gasteiger partial charge is 0.414 e. The fourth-order valence-corrected chi connectivity index (χ4v) is 1.89. The lowest BCUT2D eigenvalue weighted by Gasteiger charge is -2.03. The Balaban J connectivity index is 0.000000346. The highest BCUT2D eigenvalue weighted by atomic mass is 32.2. The maximum Gasteiger partial charge on any atom is 0.414 e. The first-order chi connectivity index (χ1) is 10.5. The summed E-state index contributed by atoms with van der Waals surface area (Å²) < 4.78 is 5.24. The molecule has 0 saturated carbocycles. The lowest BCUT2D eigenvalue weighted by Crippen LogP contribution is -2.11. The van der Waals surface area contributed by atoms with Crippen LogP contribution in [0, 0.1) is 0 Å². The standard InChI is InChI=1S/C13H15NOS.C2H2O4/c1-16-13-6-4-11(5-7-13)9-14-10-12-3-2-8-15-12;3-1(4)2(5)6/h2-8,14H,9-10H2,1H3;(H,3,4)(H,5,6). The Kier molecular flexibility index (Phi) is 7.80. The molecule has 22 heavy (non-hydrogen) atoms. The van der Waals surface area contributed by atoms with E-state index in [9.17, 15) is 0 Å². The van der Waals surface area contributed by atoms with Crippen molar-refractivity contribution in [2.24, 2.45) is 0 Å². The van der Waals surface area contributed by atoms with Crippen LogP contribution in [0.1, 0.15) is 11.3 Å². The molecule has 1 heterocycles. The van der Waals surface area contributed by atoms with Crippen molar-refractivity contribution in [3.8, 4) is 0 Å². The van der Waals surface area contributed by atoms with E-state index < -0.39 is 11.9 Å². The fourth-order valence-electron chi connectivity index (χ4n) is 1.49. The highest BCUT2D eigenvalue weighted by Crippen LogP contribution is 2.14. The first-order valence-corrected chi connectivity index (χ1v) is 7.57. The van der Waals surface area contributed by atoms with Crippen LogP contribution in [0.25, 0.3) is 0 Å². The molecule has 1 aromatic heterocycles. The highest BCUT2D eigenvalue weighted by molar-refractivity contribution is 7.98. The van der Waals surface area contributed by atoms with Gasteiger partial charge in [-0.2, -0.15) is 0 Å². The maximum atomic E-state index is 9.10. The van der Waals surface area contributed by atoms with Gasteiger partial charge in [0.15, 0.2) is 0 Å². The molecular formula is C15H17NO5S. The maximum absolute atomic E-state index is 9.10. The van der Waals surface area contributed by atoms with Crippen LogP contribution < -0.4 is 5.32 Å². The molecule has 0 bridgehead atoms. The minimum absolute atomic E-state index is 0.775. The molecule has 0 aliphatic carbocycles. The highest BCUT2D eigenvalue weighted by Gasteiger charge is 2.04. The molecule has 7 heteroatoms. The second kappa shape index (κ2) is 9.64. The number of nitrogens with one attached hydrogen (secondary N) is 1. The predicted molar refractivity (Wildman–Crippen MR) is 82.7 cm³/mol. The summed E-state index contributed by atoms with van der Waals surface area (Å²) in [6.07, 6.45) is 3.79. The number of carboxylic acids is 2. The van der Waals surface area contributed by atoms with Crippen LogP contribution >= 0.6 is 11.8 Å². The van der Waals surface area contributed by atoms with Crippen molar-refractivity contribution in [1.29, 1.82) is 0 Å². The molecule has 0 radical (unpaired) electrons. The van der Waals surface area contributed by atoms with E-state index in [0.717, 1.165) is 18.8 Å². The van der Waals surface area contributed by atoms with E-state index in [1.807, 2.05) is 12.1 Å². The molecular weight excluding hydrogens is 306 g/mol. The summed E-state index contributed by atoms with van der Waals surface area (Å²) in [4.78, 5) is 19.5. The van der Waals surface area contributed by atoms with Crippen LogP contribution in [-0.2, 0) is 22.7 Å². The first-order valence-electron chi connectivity index (χ1n) is 6.35. The van der Waals surface area contributed by atoms with Gasteiger partial charge in [-0.25, -0.2) is 9.59 Å². The van der Waals surface area contributed by atoms with Crippen molar-refractivity contribution >= 4 is 23.7 Å². The van der Waals surface area contributed by atoms with Gasteiger partial charge in [0.05, 0.1) is 12.8 Å². The van der Waals surface area contributed by atoms with E-state index in [-0.39, 0.29) is 0 Å². The van der Waals surface area contributed by atoms with Crippen LogP contribution in [0.5, 0.6) is 0 Å². The van der Waals surface area contributed by atoms with Crippen LogP contribution in [0.4, 0.5) is 0 Å². The van der Waals surface area contributed by atoms with Crippen LogP contribution in [-0.4, -0.2) is 28.4 Å². The Bertz CT molecular complexity index is 568. The lowest BCUT2D eigenvalue weighted by atomic mass is 10.2. The van der Waals surface area contributed by atoms with Gasteiger partial charge in [0.25, 0.3) is 0 Å². The number of carboxylic acid groups (broad SMARTS) is 2. The summed E-state index contributed by atoms with van der Waals surface area (Å²) in [7, 11) is 0. The van der Waals surface area contributed by atoms with E-state index in [4.69, 9.17) is 24.2 Å². The van der Waals surface area contributed by atoms with Crippen LogP contribution in [0.3, 0.4) is 0 Å². The zero-order valence-electron chi connectivity index (χ0n) is 12.0. The number of benzene rings is 1. The summed E-state index contributed by atoms with van der Waals surface area (Å²) in [6.45, 7) is 1.65. The third-order valence-corrected chi connectivity index (χ3v) is 3.29.